The summed E-state index contributed by atoms with van der Waals surface area (Å²) in [5, 5.41) is 3.54. The van der Waals surface area contributed by atoms with Crippen molar-refractivity contribution in [2.45, 2.75) is 51.6 Å². The van der Waals surface area contributed by atoms with Gasteiger partial charge in [0.05, 0.1) is 5.69 Å². The first-order valence-corrected chi connectivity index (χ1v) is 7.75. The van der Waals surface area contributed by atoms with Gasteiger partial charge in [-0.2, -0.15) is 0 Å². The molecule has 2 aliphatic rings. The highest BCUT2D eigenvalue weighted by Gasteiger charge is 2.20. The summed E-state index contributed by atoms with van der Waals surface area (Å²) >= 11 is 0. The van der Waals surface area contributed by atoms with Gasteiger partial charge in [0.15, 0.2) is 0 Å². The second kappa shape index (κ2) is 5.91. The molecular weight excluding hydrogens is 234 g/mol. The maximum atomic E-state index is 4.83. The van der Waals surface area contributed by atoms with Crippen molar-refractivity contribution >= 4 is 5.82 Å². The topological polar surface area (TPSA) is 28.2 Å². The van der Waals surface area contributed by atoms with Crippen LogP contribution < -0.4 is 10.2 Å². The summed E-state index contributed by atoms with van der Waals surface area (Å²) in [6.45, 7) is 5.61. The van der Waals surface area contributed by atoms with E-state index in [-0.39, 0.29) is 0 Å². The lowest BCUT2D eigenvalue weighted by Gasteiger charge is -2.22. The monoisotopic (exact) mass is 259 g/mol. The van der Waals surface area contributed by atoms with Gasteiger partial charge in [0, 0.05) is 25.7 Å². The van der Waals surface area contributed by atoms with E-state index in [1.54, 1.807) is 0 Å². The lowest BCUT2D eigenvalue weighted by molar-refractivity contribution is 0.521. The van der Waals surface area contributed by atoms with E-state index in [1.807, 2.05) is 0 Å². The van der Waals surface area contributed by atoms with Gasteiger partial charge in [0.2, 0.25) is 0 Å². The molecule has 2 fully saturated rings. The van der Waals surface area contributed by atoms with Gasteiger partial charge in [-0.1, -0.05) is 13.0 Å². The first kappa shape index (κ1) is 12.9. The van der Waals surface area contributed by atoms with Gasteiger partial charge >= 0.3 is 0 Å². The van der Waals surface area contributed by atoms with Crippen LogP contribution in [0, 0.1) is 5.92 Å². The van der Waals surface area contributed by atoms with Crippen LogP contribution in [0.25, 0.3) is 0 Å². The van der Waals surface area contributed by atoms with Crippen LogP contribution in [0.3, 0.4) is 0 Å². The molecule has 0 amide bonds. The Hall–Kier alpha value is -1.09. The number of hydrogen-bond donors (Lipinski definition) is 1. The molecule has 3 heteroatoms. The standard InChI is InChI=1S/C16H25N3/c1-13-4-3-10-19(11-9-13)16-6-2-5-15(18-16)12-17-14-7-8-14/h2,5-6,13-14,17H,3-4,7-12H2,1H3. The Balaban J connectivity index is 1.63. The maximum Gasteiger partial charge on any atom is 0.128 e. The van der Waals surface area contributed by atoms with Crippen molar-refractivity contribution in [2.75, 3.05) is 18.0 Å². The van der Waals surface area contributed by atoms with E-state index in [9.17, 15) is 0 Å². The minimum absolute atomic E-state index is 0.754. The van der Waals surface area contributed by atoms with E-state index in [1.165, 1.54) is 43.6 Å². The molecule has 19 heavy (non-hydrogen) atoms. The zero-order chi connectivity index (χ0) is 13.1. The molecule has 0 radical (unpaired) electrons. The maximum absolute atomic E-state index is 4.83. The fourth-order valence-electron chi connectivity index (χ4n) is 2.77. The van der Waals surface area contributed by atoms with Crippen molar-refractivity contribution in [2.24, 2.45) is 5.92 Å². The molecule has 104 valence electrons. The molecule has 1 N–H and O–H groups in total. The average Bonchev–Trinajstić information content (AvgIpc) is 3.24. The average molecular weight is 259 g/mol. The summed E-state index contributed by atoms with van der Waals surface area (Å²) in [6.07, 6.45) is 6.63. The van der Waals surface area contributed by atoms with Gasteiger partial charge in [-0.3, -0.25) is 0 Å². The minimum Gasteiger partial charge on any atom is -0.357 e. The number of rotatable bonds is 4. The van der Waals surface area contributed by atoms with Crippen molar-refractivity contribution in [3.63, 3.8) is 0 Å². The van der Waals surface area contributed by atoms with Crippen LogP contribution in [-0.2, 0) is 6.54 Å². The molecular formula is C16H25N3. The van der Waals surface area contributed by atoms with Crippen molar-refractivity contribution in [3.05, 3.63) is 23.9 Å². The second-order valence-corrected chi connectivity index (χ2v) is 6.17. The molecule has 1 saturated carbocycles. The summed E-state index contributed by atoms with van der Waals surface area (Å²) in [7, 11) is 0. The van der Waals surface area contributed by atoms with Crippen molar-refractivity contribution in [1.82, 2.24) is 10.3 Å². The van der Waals surface area contributed by atoms with Gasteiger partial charge < -0.3 is 10.2 Å². The molecule has 1 aromatic heterocycles. The van der Waals surface area contributed by atoms with Crippen LogP contribution in [0.4, 0.5) is 5.82 Å². The van der Waals surface area contributed by atoms with E-state index >= 15 is 0 Å². The smallest absolute Gasteiger partial charge is 0.128 e. The quantitative estimate of drug-likeness (QED) is 0.901. The molecule has 1 saturated heterocycles. The molecule has 0 bridgehead atoms. The molecule has 1 unspecified atom stereocenters. The molecule has 3 rings (SSSR count). The van der Waals surface area contributed by atoms with Crippen molar-refractivity contribution < 1.29 is 0 Å². The largest absolute Gasteiger partial charge is 0.357 e. The number of nitrogens with zero attached hydrogens (tertiary/aromatic N) is 2. The SMILES string of the molecule is CC1CCCN(c2cccc(CNC3CC3)n2)CC1. The van der Waals surface area contributed by atoms with Crippen LogP contribution in [0.2, 0.25) is 0 Å². The van der Waals surface area contributed by atoms with E-state index < -0.39 is 0 Å². The second-order valence-electron chi connectivity index (χ2n) is 6.17. The third-order valence-corrected chi connectivity index (χ3v) is 4.28. The third kappa shape index (κ3) is 3.69. The molecule has 0 spiro atoms. The summed E-state index contributed by atoms with van der Waals surface area (Å²) in [6, 6.07) is 7.21. The summed E-state index contributed by atoms with van der Waals surface area (Å²) in [5.74, 6) is 2.04. The zero-order valence-corrected chi connectivity index (χ0v) is 11.9. The minimum atomic E-state index is 0.754. The van der Waals surface area contributed by atoms with Gasteiger partial charge in [0.25, 0.3) is 0 Å². The highest BCUT2D eigenvalue weighted by atomic mass is 15.2. The van der Waals surface area contributed by atoms with Gasteiger partial charge in [-0.25, -0.2) is 4.98 Å². The Morgan fingerprint density at radius 2 is 2.11 bits per heavy atom. The molecule has 1 atom stereocenters. The number of aromatic nitrogens is 1. The highest BCUT2D eigenvalue weighted by molar-refractivity contribution is 5.39. The first-order valence-electron chi connectivity index (χ1n) is 7.75. The molecule has 1 aliphatic carbocycles. The Morgan fingerprint density at radius 3 is 2.95 bits per heavy atom. The lowest BCUT2D eigenvalue weighted by Crippen LogP contribution is -2.26. The Morgan fingerprint density at radius 1 is 1.21 bits per heavy atom. The zero-order valence-electron chi connectivity index (χ0n) is 11.9. The number of hydrogen-bond acceptors (Lipinski definition) is 3. The van der Waals surface area contributed by atoms with E-state index in [0.717, 1.165) is 31.6 Å². The van der Waals surface area contributed by atoms with Crippen LogP contribution in [0.5, 0.6) is 0 Å². The van der Waals surface area contributed by atoms with Crippen LogP contribution in [-0.4, -0.2) is 24.1 Å². The molecule has 3 nitrogen and oxygen atoms in total. The summed E-state index contributed by atoms with van der Waals surface area (Å²) in [5.41, 5.74) is 1.18. The highest BCUT2D eigenvalue weighted by Crippen LogP contribution is 2.22. The number of pyridine rings is 1. The fourth-order valence-corrected chi connectivity index (χ4v) is 2.77. The van der Waals surface area contributed by atoms with Crippen LogP contribution in [0.1, 0.15) is 44.7 Å². The number of nitrogens with one attached hydrogen (secondary N) is 1. The van der Waals surface area contributed by atoms with E-state index in [4.69, 9.17) is 4.98 Å². The molecule has 1 aromatic rings. The third-order valence-electron chi connectivity index (χ3n) is 4.28. The summed E-state index contributed by atoms with van der Waals surface area (Å²) in [4.78, 5) is 7.29. The fraction of sp³-hybridized carbons (Fsp3) is 0.688. The van der Waals surface area contributed by atoms with Gasteiger partial charge in [0.1, 0.15) is 5.82 Å². The Labute approximate surface area is 116 Å². The van der Waals surface area contributed by atoms with Gasteiger partial charge in [-0.05, 0) is 50.2 Å². The predicted molar refractivity (Wildman–Crippen MR) is 79.3 cm³/mol. The summed E-state index contributed by atoms with van der Waals surface area (Å²) < 4.78 is 0. The van der Waals surface area contributed by atoms with E-state index in [0.29, 0.717) is 0 Å². The van der Waals surface area contributed by atoms with Crippen LogP contribution >= 0.6 is 0 Å². The Kier molecular flexibility index (Phi) is 4.02. The first-order chi connectivity index (χ1) is 9.31. The molecule has 1 aliphatic heterocycles. The van der Waals surface area contributed by atoms with Crippen LogP contribution in [0.15, 0.2) is 18.2 Å². The van der Waals surface area contributed by atoms with E-state index in [2.05, 4.69) is 35.3 Å². The predicted octanol–water partition coefficient (Wildman–Crippen LogP) is 2.96. The van der Waals surface area contributed by atoms with Gasteiger partial charge in [-0.15, -0.1) is 0 Å². The molecule has 2 heterocycles. The van der Waals surface area contributed by atoms with Crippen molar-refractivity contribution in [1.29, 1.82) is 0 Å². The molecule has 0 aromatic carbocycles. The lowest BCUT2D eigenvalue weighted by atomic mass is 10.0. The Bertz CT molecular complexity index is 414. The van der Waals surface area contributed by atoms with Crippen molar-refractivity contribution in [3.8, 4) is 0 Å². The number of anilines is 1. The normalized spacial score (nSPS) is 24.3.